The van der Waals surface area contributed by atoms with Crippen LogP contribution in [0.1, 0.15) is 41.7 Å². The maximum atomic E-state index is 13.8. The molecule has 9 nitrogen and oxygen atoms in total. The maximum absolute atomic E-state index is 13.8. The summed E-state index contributed by atoms with van der Waals surface area (Å²) in [5.41, 5.74) is 3.48. The third-order valence-corrected chi connectivity index (χ3v) is 7.07. The van der Waals surface area contributed by atoms with Gasteiger partial charge >= 0.3 is 0 Å². The standard InChI is InChI=1S/C27H30F2N4O5/c28-27(29)11-10-17(24(35)14-27)18(25(36)33-38)13-23(34)21(12-16-6-2-1-3-7-16)32-26(37)22-15-30-19-8-4-5-9-20(19)31-22/h1-9,15,17-18,21,23-24,34-35,38H,10-14H2,(H,32,37)(H,33,36). The number of nitrogens with zero attached hydrogens (tertiary/aromatic N) is 2. The number of rotatable bonds is 9. The fourth-order valence-corrected chi connectivity index (χ4v) is 5.04. The van der Waals surface area contributed by atoms with Crippen molar-refractivity contribution in [3.05, 3.63) is 72.1 Å². The summed E-state index contributed by atoms with van der Waals surface area (Å²) in [7, 11) is 0. The van der Waals surface area contributed by atoms with Crippen molar-refractivity contribution in [1.82, 2.24) is 20.8 Å². The topological polar surface area (TPSA) is 145 Å². The van der Waals surface area contributed by atoms with Gasteiger partial charge in [0.15, 0.2) is 0 Å². The van der Waals surface area contributed by atoms with Gasteiger partial charge in [0.05, 0.1) is 35.5 Å². The molecular weight excluding hydrogens is 498 g/mol. The molecule has 1 aromatic heterocycles. The second kappa shape index (κ2) is 11.9. The van der Waals surface area contributed by atoms with Gasteiger partial charge in [0.2, 0.25) is 5.91 Å². The molecule has 1 fully saturated rings. The van der Waals surface area contributed by atoms with E-state index < -0.39 is 60.7 Å². The summed E-state index contributed by atoms with van der Waals surface area (Å²) in [6, 6.07) is 15.2. The largest absolute Gasteiger partial charge is 0.393 e. The number of alkyl halides is 2. The van der Waals surface area contributed by atoms with Gasteiger partial charge in [-0.3, -0.25) is 19.8 Å². The van der Waals surface area contributed by atoms with Crippen molar-refractivity contribution in [2.24, 2.45) is 11.8 Å². The van der Waals surface area contributed by atoms with Gasteiger partial charge in [0, 0.05) is 18.8 Å². The highest BCUT2D eigenvalue weighted by Gasteiger charge is 2.46. The molecular formula is C27H30F2N4O5. The molecule has 0 saturated heterocycles. The lowest BCUT2D eigenvalue weighted by atomic mass is 9.73. The number of hydroxylamine groups is 1. The number of carbonyl (C=O) groups excluding carboxylic acids is 2. The summed E-state index contributed by atoms with van der Waals surface area (Å²) in [5, 5.41) is 33.7. The fourth-order valence-electron chi connectivity index (χ4n) is 5.04. The van der Waals surface area contributed by atoms with Gasteiger partial charge in [-0.15, -0.1) is 0 Å². The van der Waals surface area contributed by atoms with E-state index in [2.05, 4.69) is 15.3 Å². The zero-order valence-corrected chi connectivity index (χ0v) is 20.5. The first-order valence-electron chi connectivity index (χ1n) is 12.4. The van der Waals surface area contributed by atoms with Crippen LogP contribution in [0.4, 0.5) is 8.78 Å². The highest BCUT2D eigenvalue weighted by atomic mass is 19.3. The Balaban J connectivity index is 1.56. The quantitative estimate of drug-likeness (QED) is 0.212. The second-order valence-corrected chi connectivity index (χ2v) is 9.73. The number of carbonyl (C=O) groups is 2. The molecule has 3 aromatic rings. The number of aliphatic hydroxyl groups excluding tert-OH is 2. The molecule has 1 aliphatic rings. The van der Waals surface area contributed by atoms with Crippen LogP contribution in [0.5, 0.6) is 0 Å². The van der Waals surface area contributed by atoms with Crippen LogP contribution in [0.2, 0.25) is 0 Å². The number of fused-ring (bicyclic) bond motifs is 1. The molecule has 202 valence electrons. The van der Waals surface area contributed by atoms with E-state index in [1.54, 1.807) is 36.4 Å². The number of hydrogen-bond acceptors (Lipinski definition) is 7. The summed E-state index contributed by atoms with van der Waals surface area (Å²) in [6.45, 7) is 0. The van der Waals surface area contributed by atoms with E-state index in [9.17, 15) is 33.8 Å². The average Bonchev–Trinajstić information content (AvgIpc) is 2.91. The van der Waals surface area contributed by atoms with Crippen molar-refractivity contribution < 1.29 is 33.8 Å². The predicted octanol–water partition coefficient (Wildman–Crippen LogP) is 2.64. The number of hydrogen-bond donors (Lipinski definition) is 5. The van der Waals surface area contributed by atoms with Crippen molar-refractivity contribution in [3.8, 4) is 0 Å². The van der Waals surface area contributed by atoms with Crippen LogP contribution in [0, 0.1) is 11.8 Å². The van der Waals surface area contributed by atoms with E-state index in [0.717, 1.165) is 5.56 Å². The maximum Gasteiger partial charge on any atom is 0.271 e. The van der Waals surface area contributed by atoms with E-state index in [0.29, 0.717) is 11.0 Å². The Morgan fingerprint density at radius 1 is 1.08 bits per heavy atom. The molecule has 0 radical (unpaired) electrons. The number of aliphatic hydroxyl groups is 2. The van der Waals surface area contributed by atoms with E-state index >= 15 is 0 Å². The van der Waals surface area contributed by atoms with Crippen molar-refractivity contribution >= 4 is 22.8 Å². The first-order valence-corrected chi connectivity index (χ1v) is 12.4. The molecule has 11 heteroatoms. The van der Waals surface area contributed by atoms with Crippen LogP contribution in [-0.2, 0) is 11.2 Å². The lowest BCUT2D eigenvalue weighted by Gasteiger charge is -2.38. The minimum atomic E-state index is -3.06. The molecule has 38 heavy (non-hydrogen) atoms. The Kier molecular flexibility index (Phi) is 8.60. The van der Waals surface area contributed by atoms with Gasteiger partial charge in [-0.05, 0) is 42.9 Å². The Labute approximate surface area is 217 Å². The highest BCUT2D eigenvalue weighted by Crippen LogP contribution is 2.41. The third kappa shape index (κ3) is 6.66. The minimum absolute atomic E-state index is 0.0311. The van der Waals surface area contributed by atoms with Gasteiger partial charge in [0.1, 0.15) is 5.69 Å². The molecule has 1 aliphatic carbocycles. The predicted molar refractivity (Wildman–Crippen MR) is 133 cm³/mol. The molecule has 5 N–H and O–H groups in total. The molecule has 0 aliphatic heterocycles. The highest BCUT2D eigenvalue weighted by molar-refractivity contribution is 5.94. The molecule has 4 rings (SSSR count). The van der Waals surface area contributed by atoms with Crippen molar-refractivity contribution in [1.29, 1.82) is 0 Å². The fraction of sp³-hybridized carbons (Fsp3) is 0.407. The number of nitrogens with one attached hydrogen (secondary N) is 2. The molecule has 0 spiro atoms. The molecule has 1 heterocycles. The van der Waals surface area contributed by atoms with Gasteiger partial charge in [-0.2, -0.15) is 0 Å². The van der Waals surface area contributed by atoms with Crippen LogP contribution in [-0.4, -0.2) is 61.4 Å². The SMILES string of the molecule is O=C(NC(Cc1ccccc1)C(O)CC(C(=O)NO)C1CCC(F)(F)CC1O)c1cnc2ccccc2n1. The summed E-state index contributed by atoms with van der Waals surface area (Å²) in [4.78, 5) is 34.2. The number of aromatic nitrogens is 2. The van der Waals surface area contributed by atoms with Crippen LogP contribution in [0.3, 0.4) is 0 Å². The molecule has 0 bridgehead atoms. The summed E-state index contributed by atoms with van der Waals surface area (Å²) >= 11 is 0. The first-order chi connectivity index (χ1) is 18.2. The number of para-hydroxylation sites is 2. The van der Waals surface area contributed by atoms with Crippen molar-refractivity contribution in [3.63, 3.8) is 0 Å². The summed E-state index contributed by atoms with van der Waals surface area (Å²) in [6.07, 6.45) is -3.11. The van der Waals surface area contributed by atoms with Gasteiger partial charge < -0.3 is 15.5 Å². The third-order valence-electron chi connectivity index (χ3n) is 7.07. The molecule has 5 unspecified atom stereocenters. The monoisotopic (exact) mass is 528 g/mol. The van der Waals surface area contributed by atoms with E-state index in [1.165, 1.54) is 11.7 Å². The first kappa shape index (κ1) is 27.5. The Morgan fingerprint density at radius 2 is 1.76 bits per heavy atom. The van der Waals surface area contributed by atoms with Crippen molar-refractivity contribution in [2.45, 2.75) is 56.3 Å². The number of amides is 2. The van der Waals surface area contributed by atoms with Crippen LogP contribution < -0.4 is 10.8 Å². The lowest BCUT2D eigenvalue weighted by Crippen LogP contribution is -2.50. The summed E-state index contributed by atoms with van der Waals surface area (Å²) in [5.74, 6) is -6.63. The van der Waals surface area contributed by atoms with Crippen molar-refractivity contribution in [2.75, 3.05) is 0 Å². The Hall–Kier alpha value is -3.54. The molecule has 1 saturated carbocycles. The van der Waals surface area contributed by atoms with E-state index in [4.69, 9.17) is 0 Å². The number of halogens is 2. The van der Waals surface area contributed by atoms with Crippen LogP contribution >= 0.6 is 0 Å². The average molecular weight is 529 g/mol. The van der Waals surface area contributed by atoms with Gasteiger partial charge in [0.25, 0.3) is 11.8 Å². The zero-order chi connectivity index (χ0) is 27.3. The molecule has 2 aromatic carbocycles. The van der Waals surface area contributed by atoms with Gasteiger partial charge in [-0.1, -0.05) is 42.5 Å². The molecule has 5 atom stereocenters. The van der Waals surface area contributed by atoms with Gasteiger partial charge in [-0.25, -0.2) is 19.2 Å². The van der Waals surface area contributed by atoms with Crippen LogP contribution in [0.15, 0.2) is 60.8 Å². The summed E-state index contributed by atoms with van der Waals surface area (Å²) < 4.78 is 27.6. The smallest absolute Gasteiger partial charge is 0.271 e. The van der Waals surface area contributed by atoms with Crippen LogP contribution in [0.25, 0.3) is 11.0 Å². The second-order valence-electron chi connectivity index (χ2n) is 9.73. The normalized spacial score (nSPS) is 21.3. The minimum Gasteiger partial charge on any atom is -0.393 e. The number of benzene rings is 2. The van der Waals surface area contributed by atoms with E-state index in [1.807, 2.05) is 18.2 Å². The van der Waals surface area contributed by atoms with E-state index in [-0.39, 0.29) is 25.0 Å². The zero-order valence-electron chi connectivity index (χ0n) is 20.5. The Morgan fingerprint density at radius 3 is 2.45 bits per heavy atom. The molecule has 2 amide bonds. The Bertz CT molecular complexity index is 1260. The lowest BCUT2D eigenvalue weighted by molar-refractivity contribution is -0.147.